The number of fused-ring (bicyclic) bond motifs is 1. The Balaban J connectivity index is 1.20. The van der Waals surface area contributed by atoms with E-state index in [9.17, 15) is 38.4 Å². The monoisotopic (exact) mass is 898 g/mol. The number of ketones is 2. The first-order valence-electron chi connectivity index (χ1n) is 20.8. The number of aryl methyl sites for hydroxylation is 1. The van der Waals surface area contributed by atoms with E-state index in [1.165, 1.54) is 55.6 Å². The van der Waals surface area contributed by atoms with Crippen LogP contribution in [0.1, 0.15) is 92.7 Å². The average molecular weight is 899 g/mol. The first-order valence-corrected chi connectivity index (χ1v) is 20.8. The summed E-state index contributed by atoms with van der Waals surface area (Å²) in [5, 5.41) is 12.7. The number of amides is 4. The smallest absolute Gasteiger partial charge is 0.339 e. The van der Waals surface area contributed by atoms with Gasteiger partial charge in [0.05, 0.1) is 22.3 Å². The molecule has 0 aromatic heterocycles. The lowest BCUT2D eigenvalue weighted by Gasteiger charge is -2.28. The third-order valence-electron chi connectivity index (χ3n) is 10.9. The van der Waals surface area contributed by atoms with Gasteiger partial charge in [-0.05, 0) is 126 Å². The Labute approximate surface area is 386 Å². The third-order valence-corrected chi connectivity index (χ3v) is 10.9. The van der Waals surface area contributed by atoms with Crippen LogP contribution in [0.25, 0.3) is 10.8 Å². The van der Waals surface area contributed by atoms with Crippen LogP contribution in [-0.4, -0.2) is 67.4 Å². The number of carbonyl (C=O) groups excluding carboxylic acids is 8. The lowest BCUT2D eigenvalue weighted by molar-refractivity contribution is -0.118. The highest BCUT2D eigenvalue weighted by Gasteiger charge is 2.30. The molecule has 0 aliphatic carbocycles. The van der Waals surface area contributed by atoms with Gasteiger partial charge in [0.25, 0.3) is 23.6 Å². The molecule has 6 rings (SSSR count). The van der Waals surface area contributed by atoms with E-state index in [0.29, 0.717) is 28.1 Å². The van der Waals surface area contributed by atoms with Crippen molar-refractivity contribution in [2.75, 3.05) is 36.2 Å². The maximum Gasteiger partial charge on any atom is 0.339 e. The topological polar surface area (TPSA) is 203 Å². The van der Waals surface area contributed by atoms with Crippen molar-refractivity contribution in [3.63, 3.8) is 0 Å². The molecule has 0 aliphatic rings. The Morgan fingerprint density at radius 1 is 0.493 bits per heavy atom. The van der Waals surface area contributed by atoms with Crippen LogP contribution in [0.5, 0.6) is 0 Å². The van der Waals surface area contributed by atoms with Crippen LogP contribution < -0.4 is 21.3 Å². The summed E-state index contributed by atoms with van der Waals surface area (Å²) in [6.45, 7) is 11.1. The predicted octanol–water partition coefficient (Wildman–Crippen LogP) is 8.41. The largest absolute Gasteiger partial charge is 0.454 e. The van der Waals surface area contributed by atoms with Crippen LogP contribution in [0.2, 0.25) is 0 Å². The van der Waals surface area contributed by atoms with Crippen molar-refractivity contribution in [2.24, 2.45) is 0 Å². The number of hydrogen-bond donors (Lipinski definition) is 4. The maximum absolute atomic E-state index is 14.1. The quantitative estimate of drug-likeness (QED) is 0.0508. The van der Waals surface area contributed by atoms with E-state index in [-0.39, 0.29) is 39.4 Å². The first-order chi connectivity index (χ1) is 32.0. The summed E-state index contributed by atoms with van der Waals surface area (Å²) in [6, 6.07) is 33.2. The highest BCUT2D eigenvalue weighted by Crippen LogP contribution is 2.35. The van der Waals surface area contributed by atoms with Gasteiger partial charge < -0.3 is 30.7 Å². The fourth-order valence-corrected chi connectivity index (χ4v) is 6.86. The lowest BCUT2D eigenvalue weighted by Crippen LogP contribution is -2.26. The number of nitrogens with one attached hydrogen (secondary N) is 4. The van der Waals surface area contributed by atoms with Gasteiger partial charge in [-0.25, -0.2) is 9.59 Å². The molecule has 0 atom stereocenters. The minimum Gasteiger partial charge on any atom is -0.454 e. The number of ether oxygens (including phenoxy) is 2. The molecule has 338 valence electrons. The van der Waals surface area contributed by atoms with Crippen LogP contribution in [-0.2, 0) is 24.5 Å². The van der Waals surface area contributed by atoms with Crippen molar-refractivity contribution < 1.29 is 47.8 Å². The zero-order valence-corrected chi connectivity index (χ0v) is 37.1. The van der Waals surface area contributed by atoms with Gasteiger partial charge in [0.1, 0.15) is 0 Å². The number of benzene rings is 6. The molecule has 6 aromatic rings. The summed E-state index contributed by atoms with van der Waals surface area (Å²) >= 11 is 0. The molecular weight excluding hydrogens is 853 g/mol. The van der Waals surface area contributed by atoms with Gasteiger partial charge in [-0.3, -0.25) is 28.8 Å². The predicted molar refractivity (Wildman–Crippen MR) is 255 cm³/mol. The zero-order chi connectivity index (χ0) is 48.4. The van der Waals surface area contributed by atoms with Crippen molar-refractivity contribution in [3.05, 3.63) is 197 Å². The van der Waals surface area contributed by atoms with Crippen molar-refractivity contribution >= 4 is 75.0 Å². The summed E-state index contributed by atoms with van der Waals surface area (Å²) in [5.74, 6) is -4.88. The molecule has 0 aliphatic heterocycles. The van der Waals surface area contributed by atoms with E-state index in [1.54, 1.807) is 50.2 Å². The molecule has 0 unspecified atom stereocenters. The summed E-state index contributed by atoms with van der Waals surface area (Å²) < 4.78 is 10.3. The fraction of sp³-hybridized carbons (Fsp3) is 0.132. The van der Waals surface area contributed by atoms with Crippen molar-refractivity contribution in [3.8, 4) is 0 Å². The van der Waals surface area contributed by atoms with Crippen LogP contribution in [0.3, 0.4) is 0 Å². The molecule has 14 nitrogen and oxygen atoms in total. The molecule has 0 saturated heterocycles. The van der Waals surface area contributed by atoms with Crippen LogP contribution >= 0.6 is 0 Å². The van der Waals surface area contributed by atoms with Gasteiger partial charge in [0, 0.05) is 40.7 Å². The van der Waals surface area contributed by atoms with Gasteiger partial charge >= 0.3 is 11.9 Å². The van der Waals surface area contributed by atoms with Gasteiger partial charge in [0.2, 0.25) is 0 Å². The Morgan fingerprint density at radius 3 is 1.33 bits per heavy atom. The van der Waals surface area contributed by atoms with Crippen LogP contribution in [0.15, 0.2) is 147 Å². The van der Waals surface area contributed by atoms with E-state index >= 15 is 0 Å². The van der Waals surface area contributed by atoms with Crippen molar-refractivity contribution in [1.82, 2.24) is 5.32 Å². The van der Waals surface area contributed by atoms with E-state index in [1.807, 2.05) is 43.3 Å². The minimum absolute atomic E-state index is 0.0279. The highest BCUT2D eigenvalue weighted by atomic mass is 16.5. The Hall–Kier alpha value is -8.78. The second-order valence-corrected chi connectivity index (χ2v) is 15.8. The summed E-state index contributed by atoms with van der Waals surface area (Å²) in [6.07, 6.45) is 2.02. The molecule has 14 heteroatoms. The zero-order valence-electron chi connectivity index (χ0n) is 37.1. The molecule has 0 radical (unpaired) electrons. The second kappa shape index (κ2) is 20.8. The summed E-state index contributed by atoms with van der Waals surface area (Å²) in [4.78, 5) is 103. The molecule has 6 aromatic carbocycles. The fourth-order valence-electron chi connectivity index (χ4n) is 6.86. The van der Waals surface area contributed by atoms with E-state index < -0.39 is 59.9 Å². The normalized spacial score (nSPS) is 10.8. The number of rotatable bonds is 17. The molecule has 4 amide bonds. The SMILES string of the molecule is C=CC(=O)COC(=O)c1ccc(C(C)(C)c2ccc(C(=O)OCC(=O)C=C)c(C(=O)Nc3ccc(C(=O)Nc4ccc5cc(NC(=O)c6ccc(C)cc6)ccc5c4)cc3)c2)cc1C(=O)NC. The molecule has 67 heavy (non-hydrogen) atoms. The van der Waals surface area contributed by atoms with Gasteiger partial charge in [0.15, 0.2) is 24.8 Å². The van der Waals surface area contributed by atoms with Crippen LogP contribution in [0, 0.1) is 6.92 Å². The molecular formula is C53H46N4O10. The van der Waals surface area contributed by atoms with E-state index in [0.717, 1.165) is 28.5 Å². The number of anilines is 3. The Kier molecular flexibility index (Phi) is 14.8. The second-order valence-electron chi connectivity index (χ2n) is 15.8. The molecule has 0 bridgehead atoms. The van der Waals surface area contributed by atoms with E-state index in [4.69, 9.17) is 9.47 Å². The standard InChI is InChI=1S/C53H46N4O10/c1-7-41(58)29-66-51(64)43-23-17-36(27-45(43)49(62)54-6)53(4,5)37-18-24-44(52(65)67-30-42(59)8-2)46(28-37)50(63)55-38-19-13-33(14-20-38)48(61)57-40-22-16-34-25-39(21-15-35(34)26-40)56-47(60)32-11-9-31(3)10-12-32/h7-28H,1-2,29-30H2,3-6H3,(H,54,62)(H,55,63)(H,56,60)(H,57,61). The first kappa shape index (κ1) is 47.7. The number of hydrogen-bond acceptors (Lipinski definition) is 10. The molecule has 0 saturated carbocycles. The molecule has 0 spiro atoms. The van der Waals surface area contributed by atoms with Crippen LogP contribution in [0.4, 0.5) is 17.1 Å². The number of esters is 2. The number of carbonyl (C=O) groups is 8. The van der Waals surface area contributed by atoms with Gasteiger partial charge in [-0.2, -0.15) is 0 Å². The summed E-state index contributed by atoms with van der Waals surface area (Å²) in [5.41, 5.74) is 3.02. The van der Waals surface area contributed by atoms with Gasteiger partial charge in [-0.1, -0.05) is 69.0 Å². The van der Waals surface area contributed by atoms with E-state index in [2.05, 4.69) is 34.4 Å². The van der Waals surface area contributed by atoms with Crippen molar-refractivity contribution in [2.45, 2.75) is 26.2 Å². The highest BCUT2D eigenvalue weighted by molar-refractivity contribution is 6.12. The molecule has 4 N–H and O–H groups in total. The Morgan fingerprint density at radius 2 is 0.896 bits per heavy atom. The van der Waals surface area contributed by atoms with Crippen molar-refractivity contribution in [1.29, 1.82) is 0 Å². The average Bonchev–Trinajstić information content (AvgIpc) is 3.34. The molecule has 0 fully saturated rings. The lowest BCUT2D eigenvalue weighted by atomic mass is 9.76. The summed E-state index contributed by atoms with van der Waals surface area (Å²) in [7, 11) is 1.39. The van der Waals surface area contributed by atoms with Gasteiger partial charge in [-0.15, -0.1) is 0 Å². The Bertz CT molecular complexity index is 2990. The third kappa shape index (κ3) is 11.5. The maximum atomic E-state index is 14.1. The molecule has 0 heterocycles. The minimum atomic E-state index is -0.969.